The zero-order valence-electron chi connectivity index (χ0n) is 12.1. The van der Waals surface area contributed by atoms with Gasteiger partial charge in [0.1, 0.15) is 5.75 Å². The average Bonchev–Trinajstić information content (AvgIpc) is 2.54. The maximum Gasteiger partial charge on any atom is 0.271 e. The van der Waals surface area contributed by atoms with Crippen molar-refractivity contribution >= 4 is 34.6 Å². The molecule has 0 aliphatic carbocycles. The van der Waals surface area contributed by atoms with E-state index in [9.17, 15) is 14.9 Å². The number of methoxy groups -OCH3 is 1. The summed E-state index contributed by atoms with van der Waals surface area (Å²) in [7, 11) is 1.46. The number of nitrogens with one attached hydrogen (secondary N) is 2. The van der Waals surface area contributed by atoms with E-state index in [-0.39, 0.29) is 10.8 Å². The van der Waals surface area contributed by atoms with Crippen LogP contribution in [-0.4, -0.2) is 23.1 Å². The van der Waals surface area contributed by atoms with Crippen molar-refractivity contribution in [3.8, 4) is 5.75 Å². The molecule has 2 N–H and O–H groups in total. The number of carbonyl (C=O) groups is 1. The number of benzene rings is 2. The summed E-state index contributed by atoms with van der Waals surface area (Å²) in [5.41, 5.74) is 0.663. The summed E-state index contributed by atoms with van der Waals surface area (Å²) in [5.74, 6) is -0.0199. The van der Waals surface area contributed by atoms with Crippen LogP contribution in [0.5, 0.6) is 5.75 Å². The maximum atomic E-state index is 12.2. The van der Waals surface area contributed by atoms with Crippen LogP contribution in [0.3, 0.4) is 0 Å². The highest BCUT2D eigenvalue weighted by Crippen LogP contribution is 2.18. The first-order chi connectivity index (χ1) is 11.0. The van der Waals surface area contributed by atoms with Crippen LogP contribution in [0.4, 0.5) is 11.4 Å². The SMILES string of the molecule is COc1ccccc1C(=O)NC(=S)Nc1cccc([N+](=O)[O-])c1. The van der Waals surface area contributed by atoms with Gasteiger partial charge < -0.3 is 10.1 Å². The number of para-hydroxylation sites is 1. The molecule has 2 rings (SSSR count). The van der Waals surface area contributed by atoms with Gasteiger partial charge in [-0.05, 0) is 30.4 Å². The predicted octanol–water partition coefficient (Wildman–Crippen LogP) is 2.73. The van der Waals surface area contributed by atoms with Crippen molar-refractivity contribution in [2.24, 2.45) is 0 Å². The van der Waals surface area contributed by atoms with Crippen LogP contribution in [0.1, 0.15) is 10.4 Å². The number of anilines is 1. The van der Waals surface area contributed by atoms with Crippen molar-refractivity contribution in [3.05, 3.63) is 64.2 Å². The molecule has 23 heavy (non-hydrogen) atoms. The number of non-ortho nitro benzene ring substituents is 1. The number of carbonyl (C=O) groups excluding carboxylic acids is 1. The summed E-state index contributed by atoms with van der Waals surface area (Å²) in [6, 6.07) is 12.5. The summed E-state index contributed by atoms with van der Waals surface area (Å²) >= 11 is 5.05. The van der Waals surface area contributed by atoms with Crippen LogP contribution in [-0.2, 0) is 0 Å². The van der Waals surface area contributed by atoms with Gasteiger partial charge in [-0.3, -0.25) is 20.2 Å². The molecular weight excluding hydrogens is 318 g/mol. The Bertz CT molecular complexity index is 764. The van der Waals surface area contributed by atoms with Gasteiger partial charge in [-0.1, -0.05) is 18.2 Å². The van der Waals surface area contributed by atoms with Crippen molar-refractivity contribution in [3.63, 3.8) is 0 Å². The molecule has 0 aliphatic rings. The van der Waals surface area contributed by atoms with Gasteiger partial charge in [0.05, 0.1) is 17.6 Å². The molecule has 0 heterocycles. The van der Waals surface area contributed by atoms with E-state index in [2.05, 4.69) is 10.6 Å². The summed E-state index contributed by atoms with van der Waals surface area (Å²) < 4.78 is 5.11. The number of nitro benzene ring substituents is 1. The van der Waals surface area contributed by atoms with Crippen LogP contribution < -0.4 is 15.4 Å². The standard InChI is InChI=1S/C15H13N3O4S/c1-22-13-8-3-2-7-12(13)14(19)17-15(23)16-10-5-4-6-11(9-10)18(20)21/h2-9H,1H3,(H2,16,17,19,23). The monoisotopic (exact) mass is 331 g/mol. The number of thiocarbonyl (C=S) groups is 1. The first-order valence-electron chi connectivity index (χ1n) is 6.51. The van der Waals surface area contributed by atoms with Crippen molar-refractivity contribution in [1.29, 1.82) is 0 Å². The molecule has 0 saturated carbocycles. The van der Waals surface area contributed by atoms with Gasteiger partial charge in [-0.2, -0.15) is 0 Å². The number of hydrogen-bond donors (Lipinski definition) is 2. The lowest BCUT2D eigenvalue weighted by Crippen LogP contribution is -2.34. The molecule has 0 aliphatic heterocycles. The molecule has 1 amide bonds. The summed E-state index contributed by atoms with van der Waals surface area (Å²) in [5, 5.41) is 16.0. The smallest absolute Gasteiger partial charge is 0.271 e. The summed E-state index contributed by atoms with van der Waals surface area (Å²) in [6.45, 7) is 0. The van der Waals surface area contributed by atoms with Crippen molar-refractivity contribution < 1.29 is 14.5 Å². The lowest BCUT2D eigenvalue weighted by atomic mass is 10.2. The Morgan fingerprint density at radius 1 is 1.22 bits per heavy atom. The third-order valence-corrected chi connectivity index (χ3v) is 3.10. The molecule has 0 saturated heterocycles. The molecule has 0 spiro atoms. The molecular formula is C15H13N3O4S. The number of ether oxygens (including phenoxy) is 1. The zero-order chi connectivity index (χ0) is 16.8. The minimum Gasteiger partial charge on any atom is -0.496 e. The van der Waals surface area contributed by atoms with Gasteiger partial charge in [0.15, 0.2) is 5.11 Å². The van der Waals surface area contributed by atoms with E-state index < -0.39 is 10.8 Å². The van der Waals surface area contributed by atoms with Crippen LogP contribution in [0.2, 0.25) is 0 Å². The molecule has 0 unspecified atom stereocenters. The number of nitro groups is 1. The molecule has 8 heteroatoms. The van der Waals surface area contributed by atoms with Gasteiger partial charge in [0, 0.05) is 17.8 Å². The van der Waals surface area contributed by atoms with E-state index >= 15 is 0 Å². The highest BCUT2D eigenvalue weighted by molar-refractivity contribution is 7.80. The summed E-state index contributed by atoms with van der Waals surface area (Å²) in [6.07, 6.45) is 0. The Morgan fingerprint density at radius 2 is 1.96 bits per heavy atom. The quantitative estimate of drug-likeness (QED) is 0.508. The molecule has 0 fully saturated rings. The zero-order valence-corrected chi connectivity index (χ0v) is 12.9. The Hall–Kier alpha value is -3.00. The maximum absolute atomic E-state index is 12.2. The van der Waals surface area contributed by atoms with Crippen LogP contribution in [0.25, 0.3) is 0 Å². The molecule has 0 bridgehead atoms. The second kappa shape index (κ2) is 7.32. The largest absolute Gasteiger partial charge is 0.496 e. The van der Waals surface area contributed by atoms with Crippen LogP contribution in [0.15, 0.2) is 48.5 Å². The highest BCUT2D eigenvalue weighted by atomic mass is 32.1. The van der Waals surface area contributed by atoms with Gasteiger partial charge in [0.25, 0.3) is 11.6 Å². The predicted molar refractivity (Wildman–Crippen MR) is 89.8 cm³/mol. The van der Waals surface area contributed by atoms with Crippen molar-refractivity contribution in [2.75, 3.05) is 12.4 Å². The molecule has 2 aromatic carbocycles. The van der Waals surface area contributed by atoms with Gasteiger partial charge >= 0.3 is 0 Å². The van der Waals surface area contributed by atoms with E-state index in [1.165, 1.54) is 25.3 Å². The Kier molecular flexibility index (Phi) is 5.21. The van der Waals surface area contributed by atoms with Crippen molar-refractivity contribution in [2.45, 2.75) is 0 Å². The Morgan fingerprint density at radius 3 is 2.65 bits per heavy atom. The number of amides is 1. The van der Waals surface area contributed by atoms with Gasteiger partial charge in [-0.25, -0.2) is 0 Å². The third-order valence-electron chi connectivity index (χ3n) is 2.89. The normalized spacial score (nSPS) is 9.78. The van der Waals surface area contributed by atoms with Gasteiger partial charge in [-0.15, -0.1) is 0 Å². The molecule has 118 valence electrons. The van der Waals surface area contributed by atoms with Crippen LogP contribution in [0, 0.1) is 10.1 Å². The minimum absolute atomic E-state index is 0.0291. The lowest BCUT2D eigenvalue weighted by Gasteiger charge is -2.11. The Labute approximate surface area is 137 Å². The first kappa shape index (κ1) is 16.4. The first-order valence-corrected chi connectivity index (χ1v) is 6.92. The number of nitrogens with zero attached hydrogens (tertiary/aromatic N) is 1. The van der Waals surface area contributed by atoms with Crippen molar-refractivity contribution in [1.82, 2.24) is 5.32 Å². The lowest BCUT2D eigenvalue weighted by molar-refractivity contribution is -0.384. The van der Waals surface area contributed by atoms with E-state index in [4.69, 9.17) is 17.0 Å². The average molecular weight is 331 g/mol. The second-order valence-electron chi connectivity index (χ2n) is 4.42. The fourth-order valence-corrected chi connectivity index (χ4v) is 2.07. The molecule has 0 atom stereocenters. The molecule has 0 radical (unpaired) electrons. The number of rotatable bonds is 4. The molecule has 0 aromatic heterocycles. The third kappa shape index (κ3) is 4.24. The highest BCUT2D eigenvalue weighted by Gasteiger charge is 2.13. The minimum atomic E-state index is -0.512. The fourth-order valence-electron chi connectivity index (χ4n) is 1.86. The van der Waals surface area contributed by atoms with E-state index in [1.807, 2.05) is 0 Å². The van der Waals surface area contributed by atoms with E-state index in [0.717, 1.165) is 0 Å². The topological polar surface area (TPSA) is 93.5 Å². The van der Waals surface area contributed by atoms with Gasteiger partial charge in [0.2, 0.25) is 0 Å². The fraction of sp³-hybridized carbons (Fsp3) is 0.0667. The Balaban J connectivity index is 2.06. The van der Waals surface area contributed by atoms with Crippen LogP contribution >= 0.6 is 12.2 Å². The molecule has 7 nitrogen and oxygen atoms in total. The molecule has 2 aromatic rings. The van der Waals surface area contributed by atoms with E-state index in [0.29, 0.717) is 17.0 Å². The van der Waals surface area contributed by atoms with E-state index in [1.54, 1.807) is 30.3 Å². The number of hydrogen-bond acceptors (Lipinski definition) is 5. The summed E-state index contributed by atoms with van der Waals surface area (Å²) in [4.78, 5) is 22.4. The second-order valence-corrected chi connectivity index (χ2v) is 4.82.